The zero-order valence-electron chi connectivity index (χ0n) is 14.3. The van der Waals surface area contributed by atoms with E-state index in [2.05, 4.69) is 0 Å². The van der Waals surface area contributed by atoms with Crippen LogP contribution in [0.25, 0.3) is 0 Å². The summed E-state index contributed by atoms with van der Waals surface area (Å²) in [5.41, 5.74) is 0.534. The van der Waals surface area contributed by atoms with Crippen molar-refractivity contribution in [3.05, 3.63) is 35.6 Å². The van der Waals surface area contributed by atoms with Gasteiger partial charge < -0.3 is 9.84 Å². The first-order valence-corrected chi connectivity index (χ1v) is 10.6. The minimum Gasteiger partial charge on any atom is -0.387 e. The maximum Gasteiger partial charge on any atom is 0.214 e. The van der Waals surface area contributed by atoms with Crippen LogP contribution in [-0.2, 0) is 14.8 Å². The normalized spacial score (nSPS) is 20.8. The van der Waals surface area contributed by atoms with Crippen LogP contribution in [0.1, 0.15) is 43.8 Å². The first-order chi connectivity index (χ1) is 12.0. The molecule has 1 heterocycles. The molecule has 1 N–H and O–H groups in total. The average molecular weight is 371 g/mol. The van der Waals surface area contributed by atoms with Crippen LogP contribution < -0.4 is 0 Å². The lowest BCUT2D eigenvalue weighted by atomic mass is 9.98. The van der Waals surface area contributed by atoms with Crippen molar-refractivity contribution in [2.45, 2.75) is 44.2 Å². The number of sulfonamides is 1. The minimum absolute atomic E-state index is 0.00483. The van der Waals surface area contributed by atoms with Gasteiger partial charge in [-0.3, -0.25) is 0 Å². The number of hydrogen-bond acceptors (Lipinski definition) is 4. The molecule has 3 rings (SSSR count). The number of nitrogens with zero attached hydrogens (tertiary/aromatic N) is 1. The van der Waals surface area contributed by atoms with Crippen molar-refractivity contribution in [2.75, 3.05) is 25.5 Å². The van der Waals surface area contributed by atoms with Crippen molar-refractivity contribution in [3.8, 4) is 0 Å². The largest absolute Gasteiger partial charge is 0.387 e. The van der Waals surface area contributed by atoms with Gasteiger partial charge in [-0.2, -0.15) is 4.31 Å². The van der Waals surface area contributed by atoms with E-state index in [1.807, 2.05) is 0 Å². The SMILES string of the molecule is O=S(=O)(CCC1CCOCC1)N(CC(O)c1ccc(F)cc1)C1CC1. The van der Waals surface area contributed by atoms with E-state index in [-0.39, 0.29) is 24.2 Å². The number of rotatable bonds is 8. The van der Waals surface area contributed by atoms with Gasteiger partial charge >= 0.3 is 0 Å². The van der Waals surface area contributed by atoms with Gasteiger partial charge in [-0.25, -0.2) is 12.8 Å². The first kappa shape index (κ1) is 18.8. The Kier molecular flexibility index (Phi) is 6.09. The molecule has 1 aromatic carbocycles. The van der Waals surface area contributed by atoms with Crippen LogP contribution in [0.3, 0.4) is 0 Å². The standard InChI is InChI=1S/C18H26FNO4S/c19-16-3-1-15(2-4-16)18(21)13-20(17-5-6-17)25(22,23)12-9-14-7-10-24-11-8-14/h1-4,14,17-18,21H,5-13H2. The Morgan fingerprint density at radius 2 is 1.80 bits per heavy atom. The number of ether oxygens (including phenoxy) is 1. The van der Waals surface area contributed by atoms with E-state index >= 15 is 0 Å². The van der Waals surface area contributed by atoms with Crippen molar-refractivity contribution in [3.63, 3.8) is 0 Å². The van der Waals surface area contributed by atoms with Crippen LogP contribution in [-0.4, -0.2) is 49.4 Å². The second-order valence-electron chi connectivity index (χ2n) is 7.03. The molecule has 140 valence electrons. The first-order valence-electron chi connectivity index (χ1n) is 8.96. The van der Waals surface area contributed by atoms with Crippen molar-refractivity contribution in [1.82, 2.24) is 4.31 Å². The highest BCUT2D eigenvalue weighted by molar-refractivity contribution is 7.89. The fraction of sp³-hybridized carbons (Fsp3) is 0.667. The lowest BCUT2D eigenvalue weighted by Gasteiger charge is -2.27. The zero-order valence-corrected chi connectivity index (χ0v) is 15.1. The van der Waals surface area contributed by atoms with Crippen LogP contribution in [0, 0.1) is 11.7 Å². The Bertz CT molecular complexity index is 654. The highest BCUT2D eigenvalue weighted by Gasteiger charge is 2.38. The van der Waals surface area contributed by atoms with Crippen molar-refractivity contribution >= 4 is 10.0 Å². The van der Waals surface area contributed by atoms with Gasteiger partial charge in [0.25, 0.3) is 0 Å². The Hall–Kier alpha value is -1.02. The molecule has 1 saturated heterocycles. The zero-order chi connectivity index (χ0) is 17.9. The van der Waals surface area contributed by atoms with Gasteiger partial charge in [0.15, 0.2) is 0 Å². The third-order valence-corrected chi connectivity index (χ3v) is 6.96. The molecule has 1 atom stereocenters. The Labute approximate surface area is 148 Å². The third-order valence-electron chi connectivity index (χ3n) is 5.04. The topological polar surface area (TPSA) is 66.8 Å². The molecule has 2 aliphatic rings. The van der Waals surface area contributed by atoms with E-state index < -0.39 is 16.1 Å². The predicted molar refractivity (Wildman–Crippen MR) is 93.0 cm³/mol. The lowest BCUT2D eigenvalue weighted by Crippen LogP contribution is -2.38. The van der Waals surface area contributed by atoms with Crippen LogP contribution in [0.2, 0.25) is 0 Å². The van der Waals surface area contributed by atoms with E-state index in [1.54, 1.807) is 0 Å². The molecule has 1 aromatic rings. The second-order valence-corrected chi connectivity index (χ2v) is 9.07. The van der Waals surface area contributed by atoms with Gasteiger partial charge in [-0.05, 0) is 55.7 Å². The summed E-state index contributed by atoms with van der Waals surface area (Å²) in [5.74, 6) is 0.135. The van der Waals surface area contributed by atoms with E-state index in [0.717, 1.165) is 25.7 Å². The highest BCUT2D eigenvalue weighted by Crippen LogP contribution is 2.32. The van der Waals surface area contributed by atoms with Gasteiger partial charge in [-0.1, -0.05) is 12.1 Å². The van der Waals surface area contributed by atoms with Crippen molar-refractivity contribution in [1.29, 1.82) is 0 Å². The molecule has 0 radical (unpaired) electrons. The van der Waals surface area contributed by atoms with Gasteiger partial charge in [0, 0.05) is 25.8 Å². The Morgan fingerprint density at radius 1 is 1.16 bits per heavy atom. The summed E-state index contributed by atoms with van der Waals surface area (Å²) in [6.45, 7) is 1.45. The number of benzene rings is 1. The predicted octanol–water partition coefficient (Wildman–Crippen LogP) is 2.47. The number of aliphatic hydroxyl groups is 1. The summed E-state index contributed by atoms with van der Waals surface area (Å²) in [5, 5.41) is 10.4. The average Bonchev–Trinajstić information content (AvgIpc) is 3.44. The van der Waals surface area contributed by atoms with E-state index in [1.165, 1.54) is 28.6 Å². The van der Waals surface area contributed by atoms with Crippen molar-refractivity contribution in [2.24, 2.45) is 5.92 Å². The van der Waals surface area contributed by atoms with Crippen LogP contribution in [0.4, 0.5) is 4.39 Å². The summed E-state index contributed by atoms with van der Waals surface area (Å²) in [6.07, 6.45) is 3.20. The summed E-state index contributed by atoms with van der Waals surface area (Å²) in [7, 11) is -3.41. The number of aliphatic hydroxyl groups excluding tert-OH is 1. The second kappa shape index (κ2) is 8.12. The minimum atomic E-state index is -3.41. The molecule has 5 nitrogen and oxygen atoms in total. The van der Waals surface area contributed by atoms with Gasteiger partial charge in [0.05, 0.1) is 11.9 Å². The fourth-order valence-corrected chi connectivity index (χ4v) is 5.18. The fourth-order valence-electron chi connectivity index (χ4n) is 3.28. The Balaban J connectivity index is 1.62. The van der Waals surface area contributed by atoms with Gasteiger partial charge in [-0.15, -0.1) is 0 Å². The molecule has 1 unspecified atom stereocenters. The summed E-state index contributed by atoms with van der Waals surface area (Å²) in [4.78, 5) is 0. The van der Waals surface area contributed by atoms with Gasteiger partial charge in [0.2, 0.25) is 10.0 Å². The smallest absolute Gasteiger partial charge is 0.214 e. The van der Waals surface area contributed by atoms with Crippen LogP contribution in [0.5, 0.6) is 0 Å². The molecule has 0 amide bonds. The lowest BCUT2D eigenvalue weighted by molar-refractivity contribution is 0.0654. The molecule has 0 aromatic heterocycles. The molecule has 0 spiro atoms. The maximum atomic E-state index is 13.0. The van der Waals surface area contributed by atoms with E-state index in [0.29, 0.717) is 31.1 Å². The molecule has 0 bridgehead atoms. The monoisotopic (exact) mass is 371 g/mol. The molecule has 1 aliphatic heterocycles. The molecule has 1 aliphatic carbocycles. The quantitative estimate of drug-likeness (QED) is 0.762. The highest BCUT2D eigenvalue weighted by atomic mass is 32.2. The molecule has 1 saturated carbocycles. The van der Waals surface area contributed by atoms with E-state index in [4.69, 9.17) is 4.74 Å². The molecular formula is C18H26FNO4S. The van der Waals surface area contributed by atoms with Gasteiger partial charge in [0.1, 0.15) is 5.82 Å². The maximum absolute atomic E-state index is 13.0. The third kappa shape index (κ3) is 5.23. The van der Waals surface area contributed by atoms with E-state index in [9.17, 15) is 17.9 Å². The summed E-state index contributed by atoms with van der Waals surface area (Å²) in [6, 6.07) is 5.55. The molecular weight excluding hydrogens is 345 g/mol. The van der Waals surface area contributed by atoms with Crippen LogP contribution >= 0.6 is 0 Å². The molecule has 25 heavy (non-hydrogen) atoms. The van der Waals surface area contributed by atoms with Crippen LogP contribution in [0.15, 0.2) is 24.3 Å². The Morgan fingerprint density at radius 3 is 2.40 bits per heavy atom. The van der Waals surface area contributed by atoms with Crippen molar-refractivity contribution < 1.29 is 22.7 Å². The summed E-state index contributed by atoms with van der Waals surface area (Å²) >= 11 is 0. The number of hydrogen-bond donors (Lipinski definition) is 1. The molecule has 7 heteroatoms. The molecule has 2 fully saturated rings. The number of halogens is 1. The summed E-state index contributed by atoms with van der Waals surface area (Å²) < 4.78 is 45.4.